The molecule has 0 bridgehead atoms. The van der Waals surface area contributed by atoms with Crippen LogP contribution in [0.2, 0.25) is 0 Å². The molecule has 15 heterocycles. The van der Waals surface area contributed by atoms with Crippen LogP contribution in [0.15, 0.2) is 196 Å². The fraction of sp³-hybridized carbons (Fsp3) is 0.148. The van der Waals surface area contributed by atoms with Gasteiger partial charge in [0.05, 0.1) is 74.1 Å². The summed E-state index contributed by atoms with van der Waals surface area (Å²) in [4.78, 5) is 70.3. The molecule has 28 nitrogen and oxygen atoms in total. The predicted octanol–water partition coefficient (Wildman–Crippen LogP) is 13.4. The summed E-state index contributed by atoms with van der Waals surface area (Å²) in [6.45, 7) is 3.06. The first-order valence-electron chi connectivity index (χ1n) is 35.6. The lowest BCUT2D eigenvalue weighted by atomic mass is 10.0. The maximum atomic E-state index is 14.6. The van der Waals surface area contributed by atoms with Crippen molar-refractivity contribution in [2.45, 2.75) is 19.6 Å². The normalized spacial score (nSPS) is 11.8. The van der Waals surface area contributed by atoms with Crippen LogP contribution in [0.25, 0.3) is 168 Å². The number of fused-ring (bicyclic) bond motifs is 6. The zero-order valence-corrected chi connectivity index (χ0v) is 62.7. The van der Waals surface area contributed by atoms with Gasteiger partial charge in [-0.25, -0.2) is 56.2 Å². The number of benzene rings is 3. The first-order valence-corrected chi connectivity index (χ1v) is 37.4. The maximum absolute atomic E-state index is 14.6. The predicted molar refractivity (Wildman–Crippen MR) is 430 cm³/mol. The minimum absolute atomic E-state index is 0.0398. The van der Waals surface area contributed by atoms with Crippen LogP contribution in [0.3, 0.4) is 0 Å². The zero-order chi connectivity index (χ0) is 78.0. The third-order valence-electron chi connectivity index (χ3n) is 18.4. The van der Waals surface area contributed by atoms with Gasteiger partial charge in [0, 0.05) is 163 Å². The summed E-state index contributed by atoms with van der Waals surface area (Å²) in [6.07, 6.45) is 27.4. The van der Waals surface area contributed by atoms with E-state index in [9.17, 15) is 21.6 Å². The van der Waals surface area contributed by atoms with Gasteiger partial charge in [-0.15, -0.1) is 0 Å². The zero-order valence-electron chi connectivity index (χ0n) is 61.9. The Hall–Kier alpha value is -13.8. The summed E-state index contributed by atoms with van der Waals surface area (Å²) in [5, 5.41) is 28.0. The van der Waals surface area contributed by atoms with Crippen LogP contribution in [0.4, 0.5) is 18.9 Å². The Morgan fingerprint density at radius 3 is 1.28 bits per heavy atom. The van der Waals surface area contributed by atoms with E-state index in [-0.39, 0.29) is 18.2 Å². The van der Waals surface area contributed by atoms with E-state index in [1.165, 1.54) is 36.4 Å². The summed E-state index contributed by atoms with van der Waals surface area (Å²) >= 11 is 0. The molecule has 564 valence electrons. The van der Waals surface area contributed by atoms with Gasteiger partial charge in [0.2, 0.25) is 10.0 Å². The number of halogens is 3. The number of nitrogens with one attached hydrogen (secondary N) is 8. The molecule has 0 radical (unpaired) electrons. The lowest BCUT2D eigenvalue weighted by Crippen LogP contribution is -2.21. The number of sulfonamides is 1. The second-order valence-electron chi connectivity index (χ2n) is 27.9. The molecule has 18 aromatic rings. The number of nitrogens with zero attached hydrogens (tertiary/aromatic N) is 18. The molecular formula is C81H71F3N26O2S. The fourth-order valence-corrected chi connectivity index (χ4v) is 13.7. The Labute approximate surface area is 643 Å². The Morgan fingerprint density at radius 2 is 0.823 bits per heavy atom. The number of aromatic nitrogens is 21. The van der Waals surface area contributed by atoms with E-state index in [1.54, 1.807) is 86.5 Å². The SMILES string of the molecule is CN(C)CCNc1cc(F)cc(-c2cncc3[nH]c(-c4[nH]nc5ncc(-c6cccnc6)cc45)nc23)c1.CN(C)Cc1cncc(-c2cnc3n[nH]c(-c4nc5c(-c6cc(F)cc(CNS(C)(=O)=O)c6)cncc5[nH]4)c3c2)c1.CN(C)Cc1cncc(-c2cnc3n[nH]c(-c4nc5c(-c6cccc(F)c6)cncc5[nH]4)c3c2)c1. The van der Waals surface area contributed by atoms with Crippen molar-refractivity contribution in [3.63, 3.8) is 0 Å². The van der Waals surface area contributed by atoms with Crippen LogP contribution in [-0.2, 0) is 29.7 Å². The number of pyridine rings is 9. The highest BCUT2D eigenvalue weighted by Gasteiger charge is 2.23. The molecule has 0 fully saturated rings. The van der Waals surface area contributed by atoms with Gasteiger partial charge in [0.25, 0.3) is 0 Å². The lowest BCUT2D eigenvalue weighted by Gasteiger charge is -2.12. The molecule has 3 aromatic carbocycles. The topological polar surface area (TPSA) is 356 Å². The number of rotatable bonds is 20. The highest BCUT2D eigenvalue weighted by Crippen LogP contribution is 2.38. The average Bonchev–Trinajstić information content (AvgIpc) is 1.62. The molecule has 0 aliphatic carbocycles. The van der Waals surface area contributed by atoms with Crippen molar-refractivity contribution in [3.05, 3.63) is 230 Å². The van der Waals surface area contributed by atoms with Crippen LogP contribution in [0.1, 0.15) is 16.7 Å². The summed E-state index contributed by atoms with van der Waals surface area (Å²) in [5.41, 5.74) is 20.9. The molecule has 8 N–H and O–H groups in total. The maximum Gasteiger partial charge on any atom is 0.209 e. The first-order chi connectivity index (χ1) is 54.7. The number of anilines is 1. The molecule has 0 atom stereocenters. The van der Waals surface area contributed by atoms with Gasteiger partial charge >= 0.3 is 0 Å². The number of H-pyrrole nitrogens is 6. The molecule has 18 rings (SSSR count). The van der Waals surface area contributed by atoms with Gasteiger partial charge in [-0.2, -0.15) is 15.3 Å². The van der Waals surface area contributed by atoms with Crippen LogP contribution >= 0.6 is 0 Å². The second kappa shape index (κ2) is 31.3. The first kappa shape index (κ1) is 73.4. The van der Waals surface area contributed by atoms with Crippen molar-refractivity contribution in [2.24, 2.45) is 0 Å². The minimum Gasteiger partial charge on any atom is -0.384 e. The van der Waals surface area contributed by atoms with Gasteiger partial charge in [-0.1, -0.05) is 18.2 Å². The molecular weight excluding hydrogens is 1460 g/mol. The third kappa shape index (κ3) is 16.3. The number of aromatic amines is 6. The molecule has 0 amide bonds. The number of likely N-dealkylation sites (N-methyl/N-ethyl adjacent to an activating group) is 1. The minimum atomic E-state index is -3.44. The van der Waals surface area contributed by atoms with E-state index >= 15 is 0 Å². The highest BCUT2D eigenvalue weighted by molar-refractivity contribution is 7.88. The summed E-state index contributed by atoms with van der Waals surface area (Å²) < 4.78 is 68.4. The molecule has 0 aliphatic rings. The second-order valence-corrected chi connectivity index (χ2v) is 29.7. The van der Waals surface area contributed by atoms with E-state index in [2.05, 4.69) is 127 Å². The molecule has 0 saturated heterocycles. The molecule has 0 aliphatic heterocycles. The number of hydrogen-bond acceptors (Lipinski definition) is 21. The van der Waals surface area contributed by atoms with Crippen LogP contribution in [0.5, 0.6) is 0 Å². The Balaban J connectivity index is 0.000000128. The van der Waals surface area contributed by atoms with Gasteiger partial charge < -0.3 is 35.0 Å². The van der Waals surface area contributed by atoms with Crippen molar-refractivity contribution in [1.29, 1.82) is 0 Å². The fourth-order valence-electron chi connectivity index (χ4n) is 13.3. The third-order valence-corrected chi connectivity index (χ3v) is 19.1. The number of imidazole rings is 3. The van der Waals surface area contributed by atoms with E-state index in [0.717, 1.165) is 109 Å². The van der Waals surface area contributed by atoms with E-state index < -0.39 is 15.8 Å². The summed E-state index contributed by atoms with van der Waals surface area (Å²) in [7, 11) is 8.64. The van der Waals surface area contributed by atoms with Crippen molar-refractivity contribution >= 4 is 81.9 Å². The van der Waals surface area contributed by atoms with Crippen molar-refractivity contribution in [2.75, 3.05) is 66.9 Å². The Bertz CT molecular complexity index is 6670. The number of hydrogen-bond donors (Lipinski definition) is 8. The van der Waals surface area contributed by atoms with Crippen molar-refractivity contribution in [1.82, 2.24) is 125 Å². The van der Waals surface area contributed by atoms with E-state index in [0.29, 0.717) is 114 Å². The molecule has 113 heavy (non-hydrogen) atoms. The van der Waals surface area contributed by atoms with E-state index in [4.69, 9.17) is 15.0 Å². The lowest BCUT2D eigenvalue weighted by molar-refractivity contribution is 0.402. The Kier molecular flexibility index (Phi) is 20.3. The van der Waals surface area contributed by atoms with Gasteiger partial charge in [-0.3, -0.25) is 45.2 Å². The van der Waals surface area contributed by atoms with E-state index in [1.807, 2.05) is 103 Å². The van der Waals surface area contributed by atoms with Crippen LogP contribution in [0, 0.1) is 17.5 Å². The molecule has 0 spiro atoms. The van der Waals surface area contributed by atoms with Crippen LogP contribution < -0.4 is 10.0 Å². The largest absolute Gasteiger partial charge is 0.384 e. The van der Waals surface area contributed by atoms with Crippen molar-refractivity contribution in [3.8, 4) is 101 Å². The smallest absolute Gasteiger partial charge is 0.209 e. The summed E-state index contributed by atoms with van der Waals surface area (Å²) in [6, 6.07) is 29.8. The summed E-state index contributed by atoms with van der Waals surface area (Å²) in [5.74, 6) is 0.585. The molecule has 32 heteroatoms. The van der Waals surface area contributed by atoms with Gasteiger partial charge in [0.15, 0.2) is 34.4 Å². The molecule has 0 saturated carbocycles. The Morgan fingerprint density at radius 1 is 0.398 bits per heavy atom. The quantitative estimate of drug-likeness (QED) is 0.0351. The molecule has 0 unspecified atom stereocenters. The highest BCUT2D eigenvalue weighted by atomic mass is 32.2. The van der Waals surface area contributed by atoms with Gasteiger partial charge in [-0.05, 0) is 161 Å². The van der Waals surface area contributed by atoms with Crippen LogP contribution in [-0.4, -0.2) is 190 Å². The standard InChI is InChI=1S/C28H26FN9O2S.C27H24FN9.C26H21FN8/c1-38(2)15-17-5-19(11-30-9-17)20-8-22-26(36-37-27(22)32-12-20)28-34-24-14-31-13-23(25(24)35-28)18-4-16(6-21(29)7-18)10-33-41(3,39)40;1-37(2)7-6-31-20-9-17(8-19(28)11-20)22-14-30-15-23-24(22)34-27(33-23)25-21-10-18(13-32-26(21)36-35-25)16-4-3-5-29-12-16;1-35(2)14-15-6-17(10-28-9-15)18-8-20-24(33-34-25(20)30-11-18)26-31-22-13-29-12-21(23(22)32-26)16-4-3-5-19(27)7-16/h4-9,11-14,33H,10,15H2,1-3H3,(H,34,35)(H,32,36,37);3-5,8-15,31H,6-7H2,1-2H3,(H,33,34)(H,32,35,36);3-13H,14H2,1-2H3,(H,31,32)(H,30,33,34). The molecule has 15 aromatic heterocycles. The average molecular weight is 1530 g/mol. The van der Waals surface area contributed by atoms with Gasteiger partial charge in [0.1, 0.15) is 34.5 Å². The monoisotopic (exact) mass is 1530 g/mol. The van der Waals surface area contributed by atoms with Crippen molar-refractivity contribution < 1.29 is 21.6 Å².